The summed E-state index contributed by atoms with van der Waals surface area (Å²) >= 11 is -2.14. The molecule has 1 rings (SSSR count). The second-order valence-electron chi connectivity index (χ2n) is 1.86. The first-order valence-corrected chi connectivity index (χ1v) is 3.92. The minimum Gasteiger partial charge on any atom is -0.289 e. The number of rotatable bonds is 2. The fraction of sp³-hybridized carbons (Fsp3) is 0. The highest BCUT2D eigenvalue weighted by molar-refractivity contribution is 7.80. The Morgan fingerprint density at radius 1 is 1.55 bits per heavy atom. The lowest BCUT2D eigenvalue weighted by atomic mass is 10.3. The number of anilines is 1. The largest absolute Gasteiger partial charge is 0.289 e. The lowest BCUT2D eigenvalue weighted by Crippen LogP contribution is -2.01. The second kappa shape index (κ2) is 3.45. The highest BCUT2D eigenvalue weighted by atomic mass is 32.2. The normalized spacial score (nSPS) is 12.5. The van der Waals surface area contributed by atoms with Gasteiger partial charge in [-0.3, -0.25) is 9.27 Å². The first-order chi connectivity index (χ1) is 5.18. The van der Waals surface area contributed by atoms with Gasteiger partial charge in [-0.05, 0) is 18.2 Å². The average molecular weight is 175 g/mol. The maximum Gasteiger partial charge on any atom is 0.259 e. The summed E-state index contributed by atoms with van der Waals surface area (Å²) < 4.78 is 33.0. The Balaban J connectivity index is 2.79. The predicted molar refractivity (Wildman–Crippen MR) is 40.8 cm³/mol. The van der Waals surface area contributed by atoms with Crippen LogP contribution in [0.3, 0.4) is 0 Å². The van der Waals surface area contributed by atoms with Gasteiger partial charge in [0.25, 0.3) is 11.3 Å². The minimum atomic E-state index is -2.14. The van der Waals surface area contributed by atoms with Crippen LogP contribution in [-0.4, -0.2) is 8.76 Å². The quantitative estimate of drug-likeness (QED) is 0.667. The third-order valence-electron chi connectivity index (χ3n) is 1.03. The van der Waals surface area contributed by atoms with Gasteiger partial charge in [0.15, 0.2) is 0 Å². The van der Waals surface area contributed by atoms with Gasteiger partial charge in [-0.1, -0.05) is 6.07 Å². The van der Waals surface area contributed by atoms with Gasteiger partial charge in [0, 0.05) is 0 Å². The first-order valence-electron chi connectivity index (χ1n) is 2.81. The molecule has 0 heterocycles. The van der Waals surface area contributed by atoms with Crippen molar-refractivity contribution in [2.45, 2.75) is 0 Å². The van der Waals surface area contributed by atoms with E-state index in [2.05, 4.69) is 4.72 Å². The van der Waals surface area contributed by atoms with Crippen LogP contribution in [-0.2, 0) is 11.3 Å². The molecule has 0 saturated heterocycles. The van der Waals surface area contributed by atoms with Crippen molar-refractivity contribution in [2.75, 3.05) is 4.72 Å². The number of halogens is 1. The summed E-state index contributed by atoms with van der Waals surface area (Å²) in [7, 11) is 0. The van der Waals surface area contributed by atoms with Crippen LogP contribution in [0.25, 0.3) is 0 Å². The van der Waals surface area contributed by atoms with Crippen molar-refractivity contribution in [2.24, 2.45) is 0 Å². The van der Waals surface area contributed by atoms with E-state index in [1.54, 1.807) is 0 Å². The molecule has 1 aromatic rings. The van der Waals surface area contributed by atoms with E-state index in [0.717, 1.165) is 6.07 Å². The van der Waals surface area contributed by atoms with Gasteiger partial charge >= 0.3 is 0 Å². The fourth-order valence-electron chi connectivity index (χ4n) is 0.653. The van der Waals surface area contributed by atoms with Crippen LogP contribution in [0, 0.1) is 5.82 Å². The van der Waals surface area contributed by atoms with Crippen molar-refractivity contribution < 1.29 is 13.2 Å². The molecule has 0 fully saturated rings. The molecule has 0 spiro atoms. The monoisotopic (exact) mass is 175 g/mol. The molecule has 1 atom stereocenters. The lowest BCUT2D eigenvalue weighted by Gasteiger charge is -1.98. The van der Waals surface area contributed by atoms with E-state index in [9.17, 15) is 8.60 Å². The standard InChI is InChI=1S/C6H6FNO2S/c7-5-2-1-3-6(4-5)8-11(9)10/h1-4,8H,(H,9,10). The molecule has 0 aliphatic rings. The Morgan fingerprint density at radius 2 is 2.27 bits per heavy atom. The second-order valence-corrected chi connectivity index (χ2v) is 2.56. The molecule has 3 nitrogen and oxygen atoms in total. The van der Waals surface area contributed by atoms with E-state index in [0.29, 0.717) is 0 Å². The van der Waals surface area contributed by atoms with Crippen molar-refractivity contribution in [3.05, 3.63) is 30.1 Å². The van der Waals surface area contributed by atoms with Gasteiger partial charge in [-0.25, -0.2) is 8.60 Å². The summed E-state index contributed by atoms with van der Waals surface area (Å²) in [5, 5.41) is 0. The topological polar surface area (TPSA) is 49.3 Å². The zero-order valence-electron chi connectivity index (χ0n) is 5.45. The molecule has 0 aliphatic heterocycles. The summed E-state index contributed by atoms with van der Waals surface area (Å²) in [5.74, 6) is -0.444. The number of hydrogen-bond acceptors (Lipinski definition) is 1. The Morgan fingerprint density at radius 3 is 2.82 bits per heavy atom. The average Bonchev–Trinajstić information content (AvgIpc) is 1.85. The number of hydrogen-bond donors (Lipinski definition) is 2. The third-order valence-corrected chi connectivity index (χ3v) is 1.44. The lowest BCUT2D eigenvalue weighted by molar-refractivity contribution is 0.570. The van der Waals surface area contributed by atoms with Crippen LogP contribution in [0.1, 0.15) is 0 Å². The highest BCUT2D eigenvalue weighted by Gasteiger charge is 1.95. The minimum absolute atomic E-state index is 0.283. The van der Waals surface area contributed by atoms with E-state index < -0.39 is 17.1 Å². The van der Waals surface area contributed by atoms with Crippen molar-refractivity contribution in [1.82, 2.24) is 0 Å². The third kappa shape index (κ3) is 2.65. The number of nitrogens with one attached hydrogen (secondary N) is 1. The smallest absolute Gasteiger partial charge is 0.259 e. The Hall–Kier alpha value is -0.940. The molecule has 0 amide bonds. The van der Waals surface area contributed by atoms with Crippen molar-refractivity contribution in [3.8, 4) is 0 Å². The molecule has 60 valence electrons. The van der Waals surface area contributed by atoms with E-state index in [4.69, 9.17) is 4.55 Å². The van der Waals surface area contributed by atoms with E-state index in [1.165, 1.54) is 18.2 Å². The van der Waals surface area contributed by atoms with Crippen LogP contribution in [0.5, 0.6) is 0 Å². The van der Waals surface area contributed by atoms with E-state index in [1.807, 2.05) is 0 Å². The molecule has 11 heavy (non-hydrogen) atoms. The molecule has 0 radical (unpaired) electrons. The number of benzene rings is 1. The van der Waals surface area contributed by atoms with Gasteiger partial charge in [0.1, 0.15) is 5.82 Å². The van der Waals surface area contributed by atoms with E-state index in [-0.39, 0.29) is 5.69 Å². The Bertz CT molecular complexity index is 279. The summed E-state index contributed by atoms with van der Waals surface area (Å²) in [4.78, 5) is 0. The van der Waals surface area contributed by atoms with Crippen LogP contribution in [0.15, 0.2) is 24.3 Å². The zero-order chi connectivity index (χ0) is 8.27. The molecule has 0 saturated carbocycles. The molecular formula is C6H6FNO2S. The molecule has 0 aliphatic carbocycles. The molecule has 0 aromatic heterocycles. The maximum atomic E-state index is 12.4. The van der Waals surface area contributed by atoms with E-state index >= 15 is 0 Å². The molecule has 1 unspecified atom stereocenters. The Kier molecular flexibility index (Phi) is 2.56. The molecule has 5 heteroatoms. The van der Waals surface area contributed by atoms with Crippen molar-refractivity contribution in [1.29, 1.82) is 0 Å². The van der Waals surface area contributed by atoms with Crippen LogP contribution in [0.2, 0.25) is 0 Å². The molecule has 1 aromatic carbocycles. The summed E-state index contributed by atoms with van der Waals surface area (Å²) in [6.45, 7) is 0. The van der Waals surface area contributed by atoms with Crippen LogP contribution < -0.4 is 4.72 Å². The molecular weight excluding hydrogens is 169 g/mol. The van der Waals surface area contributed by atoms with Gasteiger partial charge in [-0.2, -0.15) is 0 Å². The zero-order valence-corrected chi connectivity index (χ0v) is 6.27. The van der Waals surface area contributed by atoms with Gasteiger partial charge < -0.3 is 0 Å². The van der Waals surface area contributed by atoms with Crippen molar-refractivity contribution >= 4 is 17.0 Å². The van der Waals surface area contributed by atoms with Gasteiger partial charge in [0.2, 0.25) is 0 Å². The summed E-state index contributed by atoms with van der Waals surface area (Å²) in [6.07, 6.45) is 0. The van der Waals surface area contributed by atoms with Crippen LogP contribution >= 0.6 is 0 Å². The highest BCUT2D eigenvalue weighted by Crippen LogP contribution is 2.08. The van der Waals surface area contributed by atoms with Crippen molar-refractivity contribution in [3.63, 3.8) is 0 Å². The summed E-state index contributed by atoms with van der Waals surface area (Å²) in [6, 6.07) is 5.33. The molecule has 0 bridgehead atoms. The molecule has 2 N–H and O–H groups in total. The SMILES string of the molecule is O=S(O)Nc1cccc(F)c1. The van der Waals surface area contributed by atoms with Gasteiger partial charge in [-0.15, -0.1) is 0 Å². The van der Waals surface area contributed by atoms with Gasteiger partial charge in [0.05, 0.1) is 5.69 Å². The van der Waals surface area contributed by atoms with Crippen LogP contribution in [0.4, 0.5) is 10.1 Å². The predicted octanol–water partition coefficient (Wildman–Crippen LogP) is 1.37. The Labute approximate surface area is 65.7 Å². The fourth-order valence-corrected chi connectivity index (χ4v) is 0.981. The maximum absolute atomic E-state index is 12.4. The summed E-state index contributed by atoms with van der Waals surface area (Å²) in [5.41, 5.74) is 0.283. The first kappa shape index (κ1) is 8.16.